The summed E-state index contributed by atoms with van der Waals surface area (Å²) in [4.78, 5) is 12.0. The van der Waals surface area contributed by atoms with Crippen LogP contribution in [0.15, 0.2) is 18.3 Å². The molecule has 6 heteroatoms. The van der Waals surface area contributed by atoms with Crippen molar-refractivity contribution in [2.75, 3.05) is 13.2 Å². The number of carbonyl (C=O) groups is 1. The number of aliphatic hydroxyl groups excluding tert-OH is 2. The van der Waals surface area contributed by atoms with E-state index in [0.29, 0.717) is 25.1 Å². The number of carbonyl (C=O) groups excluding carboxylic acids is 1. The van der Waals surface area contributed by atoms with Gasteiger partial charge in [0.2, 0.25) is 0 Å². The topological polar surface area (TPSA) is 71.7 Å². The molecule has 1 aromatic heterocycles. The lowest BCUT2D eigenvalue weighted by Gasteiger charge is -2.13. The molecule has 0 fully saturated rings. The van der Waals surface area contributed by atoms with Crippen molar-refractivity contribution < 1.29 is 24.1 Å². The van der Waals surface area contributed by atoms with Crippen LogP contribution < -0.4 is 0 Å². The Morgan fingerprint density at radius 2 is 1.81 bits per heavy atom. The normalized spacial score (nSPS) is 13.5. The van der Waals surface area contributed by atoms with E-state index in [1.165, 1.54) is 38.5 Å². The largest absolute Gasteiger partial charge is 0.458 e. The molecule has 0 aromatic carbocycles. The Hall–Kier alpha value is -1.40. The summed E-state index contributed by atoms with van der Waals surface area (Å²) >= 11 is 0. The maximum Gasteiger partial charge on any atom is 0.355 e. The van der Waals surface area contributed by atoms with Gasteiger partial charge >= 0.3 is 5.97 Å². The molecule has 2 N–H and O–H groups in total. The molecule has 1 aromatic rings. The number of nitrogens with zero attached hydrogens (tertiary/aromatic N) is 1. The first-order chi connectivity index (χ1) is 13.1. The van der Waals surface area contributed by atoms with E-state index in [9.17, 15) is 14.3 Å². The SMILES string of the molecule is CCCCCCCCCCC(F)CCn1cccc1C(=O)OCC(O)CO. The highest BCUT2D eigenvalue weighted by Gasteiger charge is 2.15. The minimum absolute atomic E-state index is 0.259. The van der Waals surface area contributed by atoms with Crippen molar-refractivity contribution in [2.45, 2.75) is 90.0 Å². The molecule has 2 unspecified atom stereocenters. The van der Waals surface area contributed by atoms with Crippen LogP contribution in [0.3, 0.4) is 0 Å². The zero-order chi connectivity index (χ0) is 19.9. The molecule has 0 aliphatic rings. The summed E-state index contributed by atoms with van der Waals surface area (Å²) in [5.41, 5.74) is 0.333. The van der Waals surface area contributed by atoms with Crippen LogP contribution >= 0.6 is 0 Å². The molecule has 0 aliphatic carbocycles. The number of halogens is 1. The Kier molecular flexibility index (Phi) is 12.8. The van der Waals surface area contributed by atoms with Gasteiger partial charge in [0.25, 0.3) is 0 Å². The summed E-state index contributed by atoms with van der Waals surface area (Å²) in [6, 6.07) is 3.32. The number of rotatable bonds is 16. The van der Waals surface area contributed by atoms with Crippen molar-refractivity contribution in [3.8, 4) is 0 Å². The van der Waals surface area contributed by atoms with Gasteiger partial charge in [-0.15, -0.1) is 0 Å². The van der Waals surface area contributed by atoms with Crippen LogP contribution in [0.4, 0.5) is 4.39 Å². The second kappa shape index (κ2) is 14.6. The smallest absolute Gasteiger partial charge is 0.355 e. The number of alkyl halides is 1. The second-order valence-electron chi connectivity index (χ2n) is 7.17. The lowest BCUT2D eigenvalue weighted by Crippen LogP contribution is -2.23. The fourth-order valence-electron chi connectivity index (χ4n) is 3.02. The van der Waals surface area contributed by atoms with Gasteiger partial charge in [0.1, 0.15) is 24.6 Å². The van der Waals surface area contributed by atoms with Crippen LogP contribution in [-0.2, 0) is 11.3 Å². The summed E-state index contributed by atoms with van der Waals surface area (Å²) < 4.78 is 20.7. The van der Waals surface area contributed by atoms with Crippen LogP contribution in [0.2, 0.25) is 0 Å². The van der Waals surface area contributed by atoms with Crippen LogP contribution in [-0.4, -0.2) is 46.2 Å². The maximum atomic E-state index is 14.1. The van der Waals surface area contributed by atoms with E-state index in [-0.39, 0.29) is 6.61 Å². The fraction of sp³-hybridized carbons (Fsp3) is 0.762. The highest BCUT2D eigenvalue weighted by molar-refractivity contribution is 5.87. The van der Waals surface area contributed by atoms with Gasteiger partial charge in [0.15, 0.2) is 0 Å². The molecule has 5 nitrogen and oxygen atoms in total. The second-order valence-corrected chi connectivity index (χ2v) is 7.17. The summed E-state index contributed by atoms with van der Waals surface area (Å²) in [5.74, 6) is -0.578. The zero-order valence-electron chi connectivity index (χ0n) is 16.6. The molecule has 0 radical (unpaired) electrons. The first kappa shape index (κ1) is 23.6. The van der Waals surface area contributed by atoms with Gasteiger partial charge in [-0.2, -0.15) is 0 Å². The first-order valence-corrected chi connectivity index (χ1v) is 10.3. The molecule has 0 bridgehead atoms. The standard InChI is InChI=1S/C21H36FNO4/c1-2-3-4-5-6-7-8-9-11-18(22)13-15-23-14-10-12-20(23)21(26)27-17-19(25)16-24/h10,12,14,18-19,24-25H,2-9,11,13,15-17H2,1H3. The summed E-state index contributed by atoms with van der Waals surface area (Å²) in [5, 5.41) is 18.0. The third-order valence-corrected chi connectivity index (χ3v) is 4.71. The van der Waals surface area contributed by atoms with Crippen LogP contribution in [0.5, 0.6) is 0 Å². The number of aromatic nitrogens is 1. The molecule has 0 amide bonds. The fourth-order valence-corrected chi connectivity index (χ4v) is 3.02. The van der Waals surface area contributed by atoms with E-state index >= 15 is 0 Å². The van der Waals surface area contributed by atoms with Gasteiger partial charge in [-0.05, 0) is 25.0 Å². The lowest BCUT2D eigenvalue weighted by atomic mass is 10.1. The number of esters is 1. The number of unbranched alkanes of at least 4 members (excludes halogenated alkanes) is 7. The highest BCUT2D eigenvalue weighted by atomic mass is 19.1. The van der Waals surface area contributed by atoms with E-state index in [0.717, 1.165) is 12.8 Å². The Bertz CT molecular complexity index is 506. The molecule has 1 rings (SSSR count). The van der Waals surface area contributed by atoms with Crippen molar-refractivity contribution in [2.24, 2.45) is 0 Å². The van der Waals surface area contributed by atoms with Gasteiger partial charge in [-0.1, -0.05) is 58.3 Å². The summed E-state index contributed by atoms with van der Waals surface area (Å²) in [6.45, 7) is 1.90. The van der Waals surface area contributed by atoms with Crippen LogP contribution in [0.25, 0.3) is 0 Å². The highest BCUT2D eigenvalue weighted by Crippen LogP contribution is 2.15. The maximum absolute atomic E-state index is 14.1. The van der Waals surface area contributed by atoms with E-state index < -0.39 is 24.9 Å². The first-order valence-electron chi connectivity index (χ1n) is 10.3. The molecule has 0 saturated carbocycles. The van der Waals surface area contributed by atoms with E-state index in [1.807, 2.05) is 0 Å². The number of hydrogen-bond donors (Lipinski definition) is 2. The third-order valence-electron chi connectivity index (χ3n) is 4.71. The zero-order valence-corrected chi connectivity index (χ0v) is 16.6. The Morgan fingerprint density at radius 3 is 2.48 bits per heavy atom. The number of aryl methyl sites for hydroxylation is 1. The monoisotopic (exact) mass is 385 g/mol. The van der Waals surface area contributed by atoms with Gasteiger partial charge in [0.05, 0.1) is 6.61 Å². The average molecular weight is 386 g/mol. The summed E-state index contributed by atoms with van der Waals surface area (Å²) in [7, 11) is 0. The predicted octanol–water partition coefficient (Wildman–Crippen LogP) is 4.26. The van der Waals surface area contributed by atoms with Gasteiger partial charge in [0, 0.05) is 12.7 Å². The molecular weight excluding hydrogens is 349 g/mol. The summed E-state index contributed by atoms with van der Waals surface area (Å²) in [6.07, 6.45) is 10.3. The molecular formula is C21H36FNO4. The molecule has 27 heavy (non-hydrogen) atoms. The minimum atomic E-state index is -1.08. The van der Waals surface area contributed by atoms with Crippen molar-refractivity contribution in [1.29, 1.82) is 0 Å². The Labute approximate surface area is 162 Å². The molecule has 1 heterocycles. The number of aliphatic hydroxyl groups is 2. The number of ether oxygens (including phenoxy) is 1. The average Bonchev–Trinajstić information content (AvgIpc) is 3.15. The molecule has 0 spiro atoms. The third kappa shape index (κ3) is 10.5. The lowest BCUT2D eigenvalue weighted by molar-refractivity contribution is 0.00849. The van der Waals surface area contributed by atoms with Crippen molar-refractivity contribution in [3.05, 3.63) is 24.0 Å². The van der Waals surface area contributed by atoms with Crippen molar-refractivity contribution in [3.63, 3.8) is 0 Å². The van der Waals surface area contributed by atoms with Gasteiger partial charge in [-0.25, -0.2) is 9.18 Å². The van der Waals surface area contributed by atoms with Gasteiger partial charge < -0.3 is 19.5 Å². The molecule has 2 atom stereocenters. The molecule has 0 aliphatic heterocycles. The van der Waals surface area contributed by atoms with Crippen LogP contribution in [0.1, 0.15) is 81.6 Å². The van der Waals surface area contributed by atoms with Crippen molar-refractivity contribution >= 4 is 5.97 Å². The van der Waals surface area contributed by atoms with E-state index in [4.69, 9.17) is 9.84 Å². The Balaban J connectivity index is 2.20. The quantitative estimate of drug-likeness (QED) is 0.329. The Morgan fingerprint density at radius 1 is 1.15 bits per heavy atom. The number of hydrogen-bond acceptors (Lipinski definition) is 4. The minimum Gasteiger partial charge on any atom is -0.458 e. The van der Waals surface area contributed by atoms with E-state index in [1.54, 1.807) is 22.9 Å². The van der Waals surface area contributed by atoms with E-state index in [2.05, 4.69) is 6.92 Å². The predicted molar refractivity (Wildman–Crippen MR) is 105 cm³/mol. The molecule has 156 valence electrons. The van der Waals surface area contributed by atoms with Crippen LogP contribution in [0, 0.1) is 0 Å². The molecule has 0 saturated heterocycles. The van der Waals surface area contributed by atoms with Gasteiger partial charge in [-0.3, -0.25) is 0 Å². The van der Waals surface area contributed by atoms with Crippen molar-refractivity contribution in [1.82, 2.24) is 4.57 Å².